The van der Waals surface area contributed by atoms with Crippen molar-refractivity contribution in [3.8, 4) is 0 Å². The molecule has 1 heteroatoms. The van der Waals surface area contributed by atoms with Gasteiger partial charge in [-0.15, -0.1) is 0 Å². The van der Waals surface area contributed by atoms with Crippen LogP contribution in [0, 0.1) is 0 Å². The van der Waals surface area contributed by atoms with E-state index in [0.717, 1.165) is 6.54 Å². The van der Waals surface area contributed by atoms with Crippen LogP contribution in [0.3, 0.4) is 0 Å². The molecule has 1 nitrogen and oxygen atoms in total. The Labute approximate surface area is 95.3 Å². The highest BCUT2D eigenvalue weighted by atomic mass is 14.9. The summed E-state index contributed by atoms with van der Waals surface area (Å²) in [6, 6.07) is 0.656. The van der Waals surface area contributed by atoms with Crippen molar-refractivity contribution in [3.05, 3.63) is 11.6 Å². The van der Waals surface area contributed by atoms with E-state index in [0.29, 0.717) is 6.04 Å². The van der Waals surface area contributed by atoms with Crippen molar-refractivity contribution in [3.63, 3.8) is 0 Å². The van der Waals surface area contributed by atoms with Crippen LogP contribution < -0.4 is 5.32 Å². The van der Waals surface area contributed by atoms with Gasteiger partial charge in [-0.3, -0.25) is 0 Å². The van der Waals surface area contributed by atoms with Gasteiger partial charge in [0.1, 0.15) is 0 Å². The zero-order valence-electron chi connectivity index (χ0n) is 10.5. The van der Waals surface area contributed by atoms with Crippen LogP contribution >= 0.6 is 0 Å². The molecule has 1 aliphatic carbocycles. The van der Waals surface area contributed by atoms with Crippen molar-refractivity contribution in [2.24, 2.45) is 0 Å². The molecule has 0 aliphatic heterocycles. The topological polar surface area (TPSA) is 12.0 Å². The first-order valence-corrected chi connectivity index (χ1v) is 6.80. The fourth-order valence-corrected chi connectivity index (χ4v) is 2.39. The normalized spacial score (nSPS) is 20.3. The summed E-state index contributed by atoms with van der Waals surface area (Å²) in [5.74, 6) is 0. The van der Waals surface area contributed by atoms with Crippen molar-refractivity contribution in [1.29, 1.82) is 0 Å². The number of hydrogen-bond acceptors (Lipinski definition) is 1. The highest BCUT2D eigenvalue weighted by Crippen LogP contribution is 2.20. The van der Waals surface area contributed by atoms with Gasteiger partial charge in [-0.05, 0) is 45.1 Å². The lowest BCUT2D eigenvalue weighted by molar-refractivity contribution is 0.515. The van der Waals surface area contributed by atoms with Crippen LogP contribution in [0.5, 0.6) is 0 Å². The SMILES string of the molecule is CCCNC(CC)C1=CCCCCCC1. The molecule has 15 heavy (non-hydrogen) atoms. The van der Waals surface area contributed by atoms with Gasteiger partial charge in [-0.1, -0.05) is 38.3 Å². The van der Waals surface area contributed by atoms with E-state index in [1.165, 1.54) is 51.4 Å². The molecule has 0 fully saturated rings. The molecular weight excluding hydrogens is 182 g/mol. The summed E-state index contributed by atoms with van der Waals surface area (Å²) in [5.41, 5.74) is 1.69. The van der Waals surface area contributed by atoms with E-state index in [-0.39, 0.29) is 0 Å². The Morgan fingerprint density at radius 1 is 1.20 bits per heavy atom. The maximum absolute atomic E-state index is 3.67. The predicted octanol–water partition coefficient (Wildman–Crippen LogP) is 4.05. The minimum absolute atomic E-state index is 0.656. The van der Waals surface area contributed by atoms with Gasteiger partial charge in [-0.2, -0.15) is 0 Å². The third-order valence-electron chi connectivity index (χ3n) is 3.32. The van der Waals surface area contributed by atoms with Crippen molar-refractivity contribution < 1.29 is 0 Å². The second-order valence-electron chi connectivity index (χ2n) is 4.65. The first kappa shape index (κ1) is 12.8. The van der Waals surface area contributed by atoms with Crippen molar-refractivity contribution in [2.75, 3.05) is 6.54 Å². The van der Waals surface area contributed by atoms with Gasteiger partial charge < -0.3 is 5.32 Å². The fraction of sp³-hybridized carbons (Fsp3) is 0.857. The Hall–Kier alpha value is -0.300. The van der Waals surface area contributed by atoms with E-state index in [4.69, 9.17) is 0 Å². The molecule has 0 radical (unpaired) electrons. The summed E-state index contributed by atoms with van der Waals surface area (Å²) < 4.78 is 0. The number of hydrogen-bond donors (Lipinski definition) is 1. The molecule has 0 aromatic carbocycles. The molecule has 0 bridgehead atoms. The summed E-state index contributed by atoms with van der Waals surface area (Å²) in [4.78, 5) is 0. The lowest BCUT2D eigenvalue weighted by Gasteiger charge is -2.22. The summed E-state index contributed by atoms with van der Waals surface area (Å²) >= 11 is 0. The molecule has 1 unspecified atom stereocenters. The van der Waals surface area contributed by atoms with Crippen LogP contribution in [0.4, 0.5) is 0 Å². The Balaban J connectivity index is 2.47. The Morgan fingerprint density at radius 3 is 2.73 bits per heavy atom. The van der Waals surface area contributed by atoms with Crippen molar-refractivity contribution in [1.82, 2.24) is 5.32 Å². The van der Waals surface area contributed by atoms with Gasteiger partial charge >= 0.3 is 0 Å². The molecule has 88 valence electrons. The molecule has 0 amide bonds. The average Bonchev–Trinajstić information content (AvgIpc) is 2.21. The van der Waals surface area contributed by atoms with Crippen LogP contribution in [0.1, 0.15) is 65.2 Å². The third-order valence-corrected chi connectivity index (χ3v) is 3.32. The summed E-state index contributed by atoms with van der Waals surface area (Å²) in [6.45, 7) is 5.70. The predicted molar refractivity (Wildman–Crippen MR) is 68.2 cm³/mol. The fourth-order valence-electron chi connectivity index (χ4n) is 2.39. The van der Waals surface area contributed by atoms with Crippen LogP contribution in [0.15, 0.2) is 11.6 Å². The van der Waals surface area contributed by atoms with Crippen molar-refractivity contribution >= 4 is 0 Å². The van der Waals surface area contributed by atoms with E-state index in [9.17, 15) is 0 Å². The van der Waals surface area contributed by atoms with E-state index < -0.39 is 0 Å². The van der Waals surface area contributed by atoms with Gasteiger partial charge in [0.05, 0.1) is 0 Å². The molecule has 0 saturated carbocycles. The number of nitrogens with one attached hydrogen (secondary N) is 1. The monoisotopic (exact) mass is 209 g/mol. The Kier molecular flexibility index (Phi) is 6.74. The quantitative estimate of drug-likeness (QED) is 0.674. The summed E-state index contributed by atoms with van der Waals surface area (Å²) in [5, 5.41) is 3.67. The van der Waals surface area contributed by atoms with Gasteiger partial charge in [0.15, 0.2) is 0 Å². The number of allylic oxidation sites excluding steroid dienone is 1. The van der Waals surface area contributed by atoms with Crippen LogP contribution in [0.25, 0.3) is 0 Å². The molecule has 0 spiro atoms. The van der Waals surface area contributed by atoms with Crippen LogP contribution in [0.2, 0.25) is 0 Å². The zero-order valence-corrected chi connectivity index (χ0v) is 10.5. The van der Waals surface area contributed by atoms with E-state index >= 15 is 0 Å². The minimum Gasteiger partial charge on any atom is -0.310 e. The molecule has 0 aromatic heterocycles. The van der Waals surface area contributed by atoms with Crippen molar-refractivity contribution in [2.45, 2.75) is 71.3 Å². The Bertz CT molecular complexity index is 184. The molecular formula is C14H27N. The highest BCUT2D eigenvalue weighted by molar-refractivity contribution is 5.11. The standard InChI is InChI=1S/C14H27N/c1-3-12-15-14(4-2)13-10-8-6-5-7-9-11-13/h10,14-15H,3-9,11-12H2,1-2H3. The average molecular weight is 209 g/mol. The minimum atomic E-state index is 0.656. The first-order chi connectivity index (χ1) is 7.38. The lowest BCUT2D eigenvalue weighted by Crippen LogP contribution is -2.31. The second kappa shape index (κ2) is 7.92. The smallest absolute Gasteiger partial charge is 0.0276 e. The van der Waals surface area contributed by atoms with E-state index in [2.05, 4.69) is 25.2 Å². The van der Waals surface area contributed by atoms with Gasteiger partial charge in [-0.25, -0.2) is 0 Å². The molecule has 0 saturated heterocycles. The zero-order chi connectivity index (χ0) is 10.9. The number of rotatable bonds is 5. The highest BCUT2D eigenvalue weighted by Gasteiger charge is 2.11. The molecule has 1 aliphatic rings. The molecule has 1 rings (SSSR count). The summed E-state index contributed by atoms with van der Waals surface area (Å²) in [7, 11) is 0. The molecule has 1 atom stereocenters. The van der Waals surface area contributed by atoms with Crippen LogP contribution in [-0.2, 0) is 0 Å². The van der Waals surface area contributed by atoms with Gasteiger partial charge in [0.25, 0.3) is 0 Å². The molecule has 1 N–H and O–H groups in total. The third kappa shape index (κ3) is 4.83. The maximum atomic E-state index is 3.67. The van der Waals surface area contributed by atoms with Crippen LogP contribution in [-0.4, -0.2) is 12.6 Å². The van der Waals surface area contributed by atoms with Gasteiger partial charge in [0, 0.05) is 6.04 Å². The second-order valence-corrected chi connectivity index (χ2v) is 4.65. The van der Waals surface area contributed by atoms with E-state index in [1.54, 1.807) is 5.57 Å². The Morgan fingerprint density at radius 2 is 2.00 bits per heavy atom. The van der Waals surface area contributed by atoms with Gasteiger partial charge in [0.2, 0.25) is 0 Å². The largest absolute Gasteiger partial charge is 0.310 e. The maximum Gasteiger partial charge on any atom is 0.0276 e. The first-order valence-electron chi connectivity index (χ1n) is 6.80. The molecule has 0 heterocycles. The van der Waals surface area contributed by atoms with E-state index in [1.807, 2.05) is 0 Å². The summed E-state index contributed by atoms with van der Waals surface area (Å²) in [6.07, 6.45) is 13.3. The lowest BCUT2D eigenvalue weighted by atomic mass is 9.93. The molecule has 0 aromatic rings.